The minimum Gasteiger partial charge on any atom is -0.389 e. The lowest BCUT2D eigenvalue weighted by Gasteiger charge is -2.07. The number of hydrogen-bond donors (Lipinski definition) is 2. The molecule has 0 aliphatic rings. The van der Waals surface area contributed by atoms with Crippen LogP contribution in [-0.4, -0.2) is 15.1 Å². The molecule has 94 valence electrons. The fourth-order valence-corrected chi connectivity index (χ4v) is 2.32. The number of rotatable bonds is 4. The molecule has 0 radical (unpaired) electrons. The first-order chi connectivity index (χ1) is 8.56. The fraction of sp³-hybridized carbons (Fsp3) is 0.182. The number of thiocarbonyl (C=S) groups is 1. The zero-order chi connectivity index (χ0) is 13.1. The summed E-state index contributed by atoms with van der Waals surface area (Å²) in [6.07, 6.45) is 0. The number of hydrogen-bond acceptors (Lipinski definition) is 5. The van der Waals surface area contributed by atoms with Crippen LogP contribution in [0.5, 0.6) is 0 Å². The Morgan fingerprint density at radius 3 is 2.89 bits per heavy atom. The highest BCUT2D eigenvalue weighted by molar-refractivity contribution is 9.10. The van der Waals surface area contributed by atoms with E-state index in [4.69, 9.17) is 22.5 Å². The van der Waals surface area contributed by atoms with E-state index in [2.05, 4.69) is 31.4 Å². The standard InChI is InChI=1S/C11H11BrN4OS/c1-6-15-10(16-17-6)5-14-7-2-3-8(11(13)18)9(12)4-7/h2-4,14H,5H2,1H3,(H2,13,18). The lowest BCUT2D eigenvalue weighted by atomic mass is 10.2. The Kier molecular flexibility index (Phi) is 3.93. The molecule has 0 spiro atoms. The van der Waals surface area contributed by atoms with Crippen LogP contribution in [0.25, 0.3) is 0 Å². The Balaban J connectivity index is 2.06. The molecule has 0 aliphatic heterocycles. The number of anilines is 1. The molecule has 5 nitrogen and oxygen atoms in total. The predicted molar refractivity (Wildman–Crippen MR) is 76.4 cm³/mol. The summed E-state index contributed by atoms with van der Waals surface area (Å²) >= 11 is 8.35. The fourth-order valence-electron chi connectivity index (χ4n) is 1.42. The van der Waals surface area contributed by atoms with Crippen LogP contribution in [-0.2, 0) is 6.54 Å². The lowest BCUT2D eigenvalue weighted by molar-refractivity contribution is 0.388. The van der Waals surface area contributed by atoms with Crippen LogP contribution in [0.2, 0.25) is 0 Å². The van der Waals surface area contributed by atoms with Crippen molar-refractivity contribution < 1.29 is 4.52 Å². The first-order valence-corrected chi connectivity index (χ1v) is 6.39. The van der Waals surface area contributed by atoms with E-state index < -0.39 is 0 Å². The van der Waals surface area contributed by atoms with E-state index in [1.165, 1.54) is 0 Å². The van der Waals surface area contributed by atoms with Crippen LogP contribution in [0.4, 0.5) is 5.69 Å². The molecule has 18 heavy (non-hydrogen) atoms. The molecular formula is C11H11BrN4OS. The van der Waals surface area contributed by atoms with Gasteiger partial charge >= 0.3 is 0 Å². The van der Waals surface area contributed by atoms with Crippen molar-refractivity contribution in [2.24, 2.45) is 5.73 Å². The van der Waals surface area contributed by atoms with Crippen molar-refractivity contribution in [3.8, 4) is 0 Å². The van der Waals surface area contributed by atoms with E-state index in [9.17, 15) is 0 Å². The van der Waals surface area contributed by atoms with Gasteiger partial charge in [-0.25, -0.2) is 0 Å². The average molecular weight is 327 g/mol. The topological polar surface area (TPSA) is 77.0 Å². The normalized spacial score (nSPS) is 10.3. The molecule has 0 fully saturated rings. The smallest absolute Gasteiger partial charge is 0.223 e. The van der Waals surface area contributed by atoms with Crippen molar-refractivity contribution in [1.82, 2.24) is 10.1 Å². The molecule has 2 aromatic rings. The molecular weight excluding hydrogens is 316 g/mol. The predicted octanol–water partition coefficient (Wildman–Crippen LogP) is 2.39. The van der Waals surface area contributed by atoms with Gasteiger partial charge in [0.2, 0.25) is 5.89 Å². The zero-order valence-corrected chi connectivity index (χ0v) is 12.0. The molecule has 7 heteroatoms. The summed E-state index contributed by atoms with van der Waals surface area (Å²) in [5, 5.41) is 6.98. The molecule has 0 saturated heterocycles. The summed E-state index contributed by atoms with van der Waals surface area (Å²) in [7, 11) is 0. The highest BCUT2D eigenvalue weighted by Gasteiger charge is 2.05. The van der Waals surface area contributed by atoms with E-state index in [0.29, 0.717) is 23.2 Å². The number of benzene rings is 1. The van der Waals surface area contributed by atoms with Crippen LogP contribution in [0.15, 0.2) is 27.2 Å². The van der Waals surface area contributed by atoms with Crippen molar-refractivity contribution in [2.45, 2.75) is 13.5 Å². The summed E-state index contributed by atoms with van der Waals surface area (Å²) in [5.74, 6) is 1.17. The van der Waals surface area contributed by atoms with Crippen molar-refractivity contribution in [3.63, 3.8) is 0 Å². The Bertz CT molecular complexity index is 584. The summed E-state index contributed by atoms with van der Waals surface area (Å²) in [4.78, 5) is 4.46. The number of aromatic nitrogens is 2. The van der Waals surface area contributed by atoms with Crippen LogP contribution in [0, 0.1) is 6.92 Å². The maximum absolute atomic E-state index is 5.58. The summed E-state index contributed by atoms with van der Waals surface area (Å²) in [5.41, 5.74) is 7.31. The van der Waals surface area contributed by atoms with Crippen LogP contribution >= 0.6 is 28.1 Å². The van der Waals surface area contributed by atoms with Gasteiger partial charge in [0.05, 0.1) is 6.54 Å². The SMILES string of the molecule is Cc1nc(CNc2ccc(C(N)=S)c(Br)c2)no1. The largest absolute Gasteiger partial charge is 0.389 e. The van der Waals surface area contributed by atoms with Gasteiger partial charge in [-0.2, -0.15) is 4.98 Å². The number of aryl methyl sites for hydroxylation is 1. The van der Waals surface area contributed by atoms with Gasteiger partial charge in [-0.3, -0.25) is 0 Å². The van der Waals surface area contributed by atoms with Crippen molar-refractivity contribution in [2.75, 3.05) is 5.32 Å². The van der Waals surface area contributed by atoms with Gasteiger partial charge in [-0.15, -0.1) is 0 Å². The summed E-state index contributed by atoms with van der Waals surface area (Å²) < 4.78 is 5.73. The van der Waals surface area contributed by atoms with E-state index in [1.807, 2.05) is 18.2 Å². The van der Waals surface area contributed by atoms with E-state index in [1.54, 1.807) is 6.92 Å². The lowest BCUT2D eigenvalue weighted by Crippen LogP contribution is -2.10. The maximum atomic E-state index is 5.58. The summed E-state index contributed by atoms with van der Waals surface area (Å²) in [6, 6.07) is 5.66. The van der Waals surface area contributed by atoms with Crippen LogP contribution < -0.4 is 11.1 Å². The van der Waals surface area contributed by atoms with Crippen LogP contribution in [0.3, 0.4) is 0 Å². The third kappa shape index (κ3) is 3.05. The number of nitrogens with two attached hydrogens (primary N) is 1. The molecule has 0 bridgehead atoms. The Hall–Kier alpha value is -1.47. The first kappa shape index (κ1) is 13.0. The first-order valence-electron chi connectivity index (χ1n) is 5.18. The van der Waals surface area contributed by atoms with Gasteiger partial charge in [0.25, 0.3) is 0 Å². The molecule has 1 aromatic heterocycles. The Morgan fingerprint density at radius 1 is 1.56 bits per heavy atom. The quantitative estimate of drug-likeness (QED) is 0.840. The number of nitrogens with zero attached hydrogens (tertiary/aromatic N) is 2. The van der Waals surface area contributed by atoms with Crippen molar-refractivity contribution in [3.05, 3.63) is 40.0 Å². The molecule has 1 heterocycles. The van der Waals surface area contributed by atoms with E-state index in [-0.39, 0.29) is 0 Å². The molecule has 0 atom stereocenters. The molecule has 0 amide bonds. The van der Waals surface area contributed by atoms with Gasteiger partial charge in [0.1, 0.15) is 4.99 Å². The van der Waals surface area contributed by atoms with Gasteiger partial charge in [-0.05, 0) is 34.1 Å². The highest BCUT2D eigenvalue weighted by atomic mass is 79.9. The van der Waals surface area contributed by atoms with Crippen molar-refractivity contribution in [1.29, 1.82) is 0 Å². The summed E-state index contributed by atoms with van der Waals surface area (Å²) in [6.45, 7) is 2.25. The number of halogens is 1. The monoisotopic (exact) mass is 326 g/mol. The maximum Gasteiger partial charge on any atom is 0.223 e. The third-order valence-electron chi connectivity index (χ3n) is 2.25. The van der Waals surface area contributed by atoms with Gasteiger partial charge in [0.15, 0.2) is 5.82 Å². The van der Waals surface area contributed by atoms with Gasteiger partial charge in [0, 0.05) is 22.6 Å². The second-order valence-corrected chi connectivity index (χ2v) is 4.94. The van der Waals surface area contributed by atoms with E-state index >= 15 is 0 Å². The third-order valence-corrected chi connectivity index (χ3v) is 3.13. The molecule has 0 saturated carbocycles. The Labute approximate surface area is 118 Å². The minimum absolute atomic E-state index is 0.363. The second kappa shape index (κ2) is 5.45. The zero-order valence-electron chi connectivity index (χ0n) is 9.61. The Morgan fingerprint density at radius 2 is 2.33 bits per heavy atom. The molecule has 0 unspecified atom stereocenters. The van der Waals surface area contributed by atoms with Gasteiger partial charge in [-0.1, -0.05) is 17.4 Å². The molecule has 1 aromatic carbocycles. The number of nitrogens with one attached hydrogen (secondary N) is 1. The van der Waals surface area contributed by atoms with Crippen LogP contribution in [0.1, 0.15) is 17.3 Å². The molecule has 2 rings (SSSR count). The minimum atomic E-state index is 0.363. The highest BCUT2D eigenvalue weighted by Crippen LogP contribution is 2.21. The molecule has 0 aliphatic carbocycles. The average Bonchev–Trinajstić information content (AvgIpc) is 2.72. The molecule has 3 N–H and O–H groups in total. The second-order valence-electron chi connectivity index (χ2n) is 3.64. The van der Waals surface area contributed by atoms with E-state index in [0.717, 1.165) is 15.7 Å². The van der Waals surface area contributed by atoms with Crippen molar-refractivity contribution >= 4 is 38.8 Å². The van der Waals surface area contributed by atoms with Gasteiger partial charge < -0.3 is 15.6 Å².